The molecule has 1 unspecified atom stereocenters. The van der Waals surface area contributed by atoms with Crippen LogP contribution in [0.3, 0.4) is 0 Å². The number of carbonyl (C=O) groups is 1. The van der Waals surface area contributed by atoms with Gasteiger partial charge in [-0.3, -0.25) is 4.79 Å². The maximum atomic E-state index is 11.6. The molecule has 20 heavy (non-hydrogen) atoms. The van der Waals surface area contributed by atoms with Crippen LogP contribution in [0.5, 0.6) is 0 Å². The van der Waals surface area contributed by atoms with E-state index in [0.717, 1.165) is 57.7 Å². The van der Waals surface area contributed by atoms with Gasteiger partial charge in [-0.15, -0.1) is 0 Å². The maximum absolute atomic E-state index is 11.6. The van der Waals surface area contributed by atoms with Crippen molar-refractivity contribution in [3.8, 4) is 0 Å². The second-order valence-electron chi connectivity index (χ2n) is 6.05. The van der Waals surface area contributed by atoms with Crippen LogP contribution in [-0.4, -0.2) is 25.3 Å². The zero-order valence-corrected chi connectivity index (χ0v) is 14.0. The molecule has 1 atom stereocenters. The van der Waals surface area contributed by atoms with Crippen LogP contribution in [0.1, 0.15) is 79.1 Å². The molecule has 0 aromatic carbocycles. The first-order valence-electron chi connectivity index (χ1n) is 8.33. The van der Waals surface area contributed by atoms with Gasteiger partial charge in [-0.05, 0) is 44.9 Å². The summed E-state index contributed by atoms with van der Waals surface area (Å²) in [7, 11) is 0. The van der Waals surface area contributed by atoms with Crippen LogP contribution in [0.4, 0.5) is 0 Å². The zero-order valence-electron chi connectivity index (χ0n) is 14.0. The van der Waals surface area contributed by atoms with E-state index in [-0.39, 0.29) is 12.1 Å². The lowest BCUT2D eigenvalue weighted by Gasteiger charge is -2.13. The molecule has 3 nitrogen and oxygen atoms in total. The third-order valence-corrected chi connectivity index (χ3v) is 3.24. The number of esters is 1. The van der Waals surface area contributed by atoms with Gasteiger partial charge < -0.3 is 9.47 Å². The molecule has 0 amide bonds. The summed E-state index contributed by atoms with van der Waals surface area (Å²) in [5.74, 6) is 0.685. The van der Waals surface area contributed by atoms with Gasteiger partial charge in [-0.2, -0.15) is 0 Å². The van der Waals surface area contributed by atoms with E-state index in [2.05, 4.69) is 20.8 Å². The average molecular weight is 286 g/mol. The largest absolute Gasteiger partial charge is 0.463 e. The average Bonchev–Trinajstić information content (AvgIpc) is 2.37. The van der Waals surface area contributed by atoms with Gasteiger partial charge in [0.05, 0.1) is 6.10 Å². The van der Waals surface area contributed by atoms with Gasteiger partial charge in [-0.1, -0.05) is 33.6 Å². The van der Waals surface area contributed by atoms with Gasteiger partial charge in [0.25, 0.3) is 0 Å². The highest BCUT2D eigenvalue weighted by Gasteiger charge is 2.09. The summed E-state index contributed by atoms with van der Waals surface area (Å²) >= 11 is 0. The van der Waals surface area contributed by atoms with E-state index in [1.165, 1.54) is 6.42 Å². The summed E-state index contributed by atoms with van der Waals surface area (Å²) < 4.78 is 10.8. The van der Waals surface area contributed by atoms with Crippen LogP contribution in [0.2, 0.25) is 0 Å². The van der Waals surface area contributed by atoms with Crippen LogP contribution in [0.25, 0.3) is 0 Å². The summed E-state index contributed by atoms with van der Waals surface area (Å²) in [6, 6.07) is 0. The van der Waals surface area contributed by atoms with Crippen molar-refractivity contribution in [1.82, 2.24) is 0 Å². The first-order chi connectivity index (χ1) is 9.56. The van der Waals surface area contributed by atoms with E-state index in [9.17, 15) is 4.79 Å². The molecule has 0 heterocycles. The Morgan fingerprint density at radius 2 is 1.70 bits per heavy atom. The summed E-state index contributed by atoms with van der Waals surface area (Å²) in [5.41, 5.74) is 0. The Hall–Kier alpha value is -0.570. The minimum Gasteiger partial charge on any atom is -0.463 e. The Morgan fingerprint density at radius 3 is 2.35 bits per heavy atom. The van der Waals surface area contributed by atoms with E-state index in [4.69, 9.17) is 9.47 Å². The van der Waals surface area contributed by atoms with Gasteiger partial charge in [-0.25, -0.2) is 0 Å². The molecule has 0 aliphatic rings. The number of ether oxygens (including phenoxy) is 2. The van der Waals surface area contributed by atoms with E-state index in [1.807, 2.05) is 6.92 Å². The van der Waals surface area contributed by atoms with Crippen LogP contribution < -0.4 is 0 Å². The Bertz CT molecular complexity index is 226. The molecule has 120 valence electrons. The lowest BCUT2D eigenvalue weighted by atomic mass is 10.0. The fourth-order valence-corrected chi connectivity index (χ4v) is 2.05. The summed E-state index contributed by atoms with van der Waals surface area (Å²) in [6.07, 6.45) is 8.00. The molecule has 0 saturated carbocycles. The molecule has 0 N–H and O–H groups in total. The smallest absolute Gasteiger partial charge is 0.306 e. The molecule has 0 aliphatic carbocycles. The Morgan fingerprint density at radius 1 is 0.950 bits per heavy atom. The number of hydrogen-bond acceptors (Lipinski definition) is 3. The second-order valence-corrected chi connectivity index (χ2v) is 6.05. The second kappa shape index (κ2) is 13.4. The molecule has 0 rings (SSSR count). The minimum atomic E-state index is -0.0449. The highest BCUT2D eigenvalue weighted by molar-refractivity contribution is 5.69. The van der Waals surface area contributed by atoms with Crippen molar-refractivity contribution in [3.05, 3.63) is 0 Å². The SMILES string of the molecule is CCCOCCCCCC(=O)OC(C)CCCC(C)C. The van der Waals surface area contributed by atoms with Crippen molar-refractivity contribution in [2.75, 3.05) is 13.2 Å². The normalized spacial score (nSPS) is 12.7. The molecule has 0 radical (unpaired) electrons. The first-order valence-corrected chi connectivity index (χ1v) is 8.33. The summed E-state index contributed by atoms with van der Waals surface area (Å²) in [5, 5.41) is 0. The van der Waals surface area contributed by atoms with Gasteiger partial charge in [0.1, 0.15) is 0 Å². The maximum Gasteiger partial charge on any atom is 0.306 e. The van der Waals surface area contributed by atoms with Crippen molar-refractivity contribution in [3.63, 3.8) is 0 Å². The molecule has 0 spiro atoms. The first kappa shape index (κ1) is 19.4. The zero-order chi connectivity index (χ0) is 15.2. The fourth-order valence-electron chi connectivity index (χ4n) is 2.05. The molecule has 0 fully saturated rings. The highest BCUT2D eigenvalue weighted by atomic mass is 16.5. The molecule has 0 saturated heterocycles. The van der Waals surface area contributed by atoms with Crippen LogP contribution in [0.15, 0.2) is 0 Å². The predicted octanol–water partition coefficient (Wildman–Crippen LogP) is 4.73. The number of hydrogen-bond donors (Lipinski definition) is 0. The van der Waals surface area contributed by atoms with Gasteiger partial charge in [0.15, 0.2) is 0 Å². The van der Waals surface area contributed by atoms with E-state index in [1.54, 1.807) is 0 Å². The van der Waals surface area contributed by atoms with E-state index >= 15 is 0 Å². The summed E-state index contributed by atoms with van der Waals surface area (Å²) in [6.45, 7) is 10.2. The Labute approximate surface area is 125 Å². The quantitative estimate of drug-likeness (QED) is 0.362. The molecule has 0 bridgehead atoms. The lowest BCUT2D eigenvalue weighted by Crippen LogP contribution is -2.14. The van der Waals surface area contributed by atoms with Gasteiger partial charge in [0.2, 0.25) is 0 Å². The van der Waals surface area contributed by atoms with Crippen LogP contribution >= 0.6 is 0 Å². The summed E-state index contributed by atoms with van der Waals surface area (Å²) in [4.78, 5) is 11.6. The van der Waals surface area contributed by atoms with Crippen molar-refractivity contribution in [1.29, 1.82) is 0 Å². The predicted molar refractivity (Wildman–Crippen MR) is 83.8 cm³/mol. The molecule has 3 heteroatoms. The van der Waals surface area contributed by atoms with Gasteiger partial charge >= 0.3 is 5.97 Å². The Kier molecular flexibility index (Phi) is 13.0. The molecule has 0 aromatic heterocycles. The number of rotatable bonds is 13. The third kappa shape index (κ3) is 13.9. The molecular weight excluding hydrogens is 252 g/mol. The van der Waals surface area contributed by atoms with Crippen molar-refractivity contribution < 1.29 is 14.3 Å². The monoisotopic (exact) mass is 286 g/mol. The van der Waals surface area contributed by atoms with Crippen LogP contribution in [0, 0.1) is 5.92 Å². The van der Waals surface area contributed by atoms with Crippen LogP contribution in [-0.2, 0) is 14.3 Å². The van der Waals surface area contributed by atoms with Crippen molar-refractivity contribution in [2.45, 2.75) is 85.2 Å². The lowest BCUT2D eigenvalue weighted by molar-refractivity contribution is -0.148. The number of unbranched alkanes of at least 4 members (excludes halogenated alkanes) is 2. The standard InChI is InChI=1S/C17H34O3/c1-5-13-19-14-8-6-7-12-17(18)20-16(4)11-9-10-15(2)3/h15-16H,5-14H2,1-4H3. The number of carbonyl (C=O) groups excluding carboxylic acids is 1. The Balaban J connectivity index is 3.39. The molecule has 0 aromatic rings. The molecular formula is C17H34O3. The third-order valence-electron chi connectivity index (χ3n) is 3.24. The topological polar surface area (TPSA) is 35.5 Å². The van der Waals surface area contributed by atoms with Crippen molar-refractivity contribution >= 4 is 5.97 Å². The van der Waals surface area contributed by atoms with E-state index < -0.39 is 0 Å². The van der Waals surface area contributed by atoms with Gasteiger partial charge in [0, 0.05) is 19.6 Å². The molecule has 0 aliphatic heterocycles. The fraction of sp³-hybridized carbons (Fsp3) is 0.941. The van der Waals surface area contributed by atoms with Crippen molar-refractivity contribution in [2.24, 2.45) is 5.92 Å². The van der Waals surface area contributed by atoms with E-state index in [0.29, 0.717) is 6.42 Å². The minimum absolute atomic E-state index is 0.0449. The highest BCUT2D eigenvalue weighted by Crippen LogP contribution is 2.11.